The quantitative estimate of drug-likeness (QED) is 0.0353. The highest BCUT2D eigenvalue weighted by molar-refractivity contribution is 6.14. The number of hydrogen-bond acceptors (Lipinski definition) is 52. The molecular formula is C88H58N2O50. The van der Waals surface area contributed by atoms with Crippen LogP contribution in [-0.2, 0) is 56.8 Å². The molecule has 0 spiro atoms. The third kappa shape index (κ3) is 15.3. The van der Waals surface area contributed by atoms with E-state index >= 15 is 28.8 Å². The second-order valence-electron chi connectivity index (χ2n) is 30.8. The van der Waals surface area contributed by atoms with Crippen molar-refractivity contribution in [2.75, 3.05) is 13.2 Å². The fraction of sp³-hybridized carbons (Fsp3) is 0.136. The van der Waals surface area contributed by atoms with Gasteiger partial charge in [0.25, 0.3) is 0 Å². The Balaban J connectivity index is 0.805. The van der Waals surface area contributed by atoms with Crippen LogP contribution >= 0.6 is 0 Å². The third-order valence-electron chi connectivity index (χ3n) is 22.3. The van der Waals surface area contributed by atoms with E-state index in [-0.39, 0.29) is 35.3 Å². The Morgan fingerprint density at radius 1 is 0.279 bits per heavy atom. The molecule has 5 aliphatic rings. The summed E-state index contributed by atoms with van der Waals surface area (Å²) < 4.78 is 75.9. The van der Waals surface area contributed by atoms with Crippen molar-refractivity contribution in [1.29, 1.82) is 0 Å². The summed E-state index contributed by atoms with van der Waals surface area (Å²) in [5.41, 5.74) is -20.9. The standard InChI is InChI=1S/C88H58N2O50/c91-33-5-20(6-34(92)54(33)102)77(118)135-73-71-45(18-128-80(121)24-12-39(97)57(105)64(112)48(24)50-26(83(124)134-71)14-41(99)59(107)66(50)114)132-88(75(73)137-78(119)21-7-35(93)55(103)36(94)8-21)140-86(127)29-16-43(101)61(109)69(117)70(29)130-44-17-28-52(68(116)62(44)110)51-27(15-42(100)60(108)67(51)115)84(125)136-74-72-46(19-129-81(28)122)131-87(139-79(120)22-9-37(95)56(104)38(96)10-22)76(74)138-85(126)25-13-40(98)58(106)65(113)49(25)47-23(82(123)133-72)11-32-53(63(47)111)90-31-4-2-1-3-30(31)89-32/h1-17,45-46,71-76,87-88,91-117H,18-19H2/t45-,46-,71-,72-,73+,74+,75-,76-,87+,88+/m1/s1. The number of esters is 10. The van der Waals surface area contributed by atoms with Crippen molar-refractivity contribution in [3.63, 3.8) is 0 Å². The van der Waals surface area contributed by atoms with Crippen LogP contribution in [0.5, 0.6) is 167 Å². The number of fused-ring (bicyclic) bond motifs is 12. The number of phenols is 27. The summed E-state index contributed by atoms with van der Waals surface area (Å²) >= 11 is 0. The van der Waals surface area contributed by atoms with E-state index in [4.69, 9.17) is 61.6 Å². The van der Waals surface area contributed by atoms with Crippen molar-refractivity contribution in [2.24, 2.45) is 0 Å². The zero-order valence-electron chi connectivity index (χ0n) is 68.9. The fourth-order valence-corrected chi connectivity index (χ4v) is 15.6. The minimum Gasteiger partial charge on any atom is -0.505 e. The largest absolute Gasteiger partial charge is 0.505 e. The van der Waals surface area contributed by atoms with E-state index < -0.39 is 401 Å². The van der Waals surface area contributed by atoms with Crippen LogP contribution in [0.4, 0.5) is 0 Å². The molecular weight excluding hydrogens is 1880 g/mol. The molecule has 12 aromatic rings. The van der Waals surface area contributed by atoms with Crippen LogP contribution in [0.1, 0.15) is 104 Å². The van der Waals surface area contributed by atoms with Crippen LogP contribution < -0.4 is 4.74 Å². The molecule has 27 N–H and O–H groups in total. The monoisotopic (exact) mass is 1940 g/mol. The van der Waals surface area contributed by atoms with Crippen LogP contribution in [0, 0.1) is 0 Å². The minimum atomic E-state index is -3.13. The molecule has 140 heavy (non-hydrogen) atoms. The highest BCUT2D eigenvalue weighted by atomic mass is 16.8. The molecule has 1 aromatic heterocycles. The van der Waals surface area contributed by atoms with Gasteiger partial charge in [-0.2, -0.15) is 0 Å². The van der Waals surface area contributed by atoms with Crippen molar-refractivity contribution < 1.29 is 247 Å². The number of carbonyl (C=O) groups is 10. The summed E-state index contributed by atoms with van der Waals surface area (Å²) in [5.74, 6) is -63.7. The molecule has 0 aliphatic carbocycles. The van der Waals surface area contributed by atoms with E-state index in [1.165, 1.54) is 24.3 Å². The van der Waals surface area contributed by atoms with E-state index in [1.807, 2.05) is 0 Å². The van der Waals surface area contributed by atoms with Crippen molar-refractivity contribution in [2.45, 2.75) is 61.4 Å². The fourth-order valence-electron chi connectivity index (χ4n) is 15.6. The van der Waals surface area contributed by atoms with Gasteiger partial charge in [-0.15, -0.1) is 0 Å². The lowest BCUT2D eigenvalue weighted by Crippen LogP contribution is -2.63. The second kappa shape index (κ2) is 33.9. The van der Waals surface area contributed by atoms with Gasteiger partial charge in [0.2, 0.25) is 65.0 Å². The van der Waals surface area contributed by atoms with E-state index in [2.05, 4.69) is 9.97 Å². The molecule has 2 saturated heterocycles. The molecule has 10 atom stereocenters. The first-order valence-electron chi connectivity index (χ1n) is 39.4. The Hall–Kier alpha value is -20.0. The SMILES string of the molecule is O=C(O[C@@H]1O[C@@H]2COC(=O)c3cc(Oc4c(C(=O)O[C@@H]5O[C@@H]6COC(=O)c7cc(O)c(O)c(O)c7-c7c(cc(O)c(O)c7O)C(=O)O[C@H]6[C@H](OC(=O)c6cc(O)c(O)c(O)c6)[C@H]5OC(=O)c5cc(O)c(O)c(O)c5)cc(O)c(O)c4O)c(O)c(O)c3-c3c(cc(O)c(O)c3O)C(=O)O[C@@H]3[C@H]1OC(=O)c1cc(O)c(O)c(O)c1-c1c(cc4nc5ccccc5nc4c1O)C(=O)O[C@@H]32)c1cc(O)c(O)c(O)c1. The second-order valence-corrected chi connectivity index (χ2v) is 30.8. The lowest BCUT2D eigenvalue weighted by molar-refractivity contribution is -0.282. The van der Waals surface area contributed by atoms with E-state index in [9.17, 15) is 157 Å². The lowest BCUT2D eigenvalue weighted by Gasteiger charge is -2.44. The first-order chi connectivity index (χ1) is 66.2. The Kier molecular flexibility index (Phi) is 22.3. The molecule has 0 unspecified atom stereocenters. The molecule has 720 valence electrons. The maximum absolute atomic E-state index is 15.7. The Labute approximate surface area is 769 Å². The van der Waals surface area contributed by atoms with Gasteiger partial charge in [-0.25, -0.2) is 57.9 Å². The predicted octanol–water partition coefficient (Wildman–Crippen LogP) is 5.40. The molecule has 11 aromatic carbocycles. The first kappa shape index (κ1) is 91.9. The van der Waals surface area contributed by atoms with Gasteiger partial charge in [-0.05, 0) is 78.9 Å². The van der Waals surface area contributed by atoms with E-state index in [0.717, 1.165) is 6.07 Å². The molecule has 5 aliphatic heterocycles. The average molecular weight is 1940 g/mol. The van der Waals surface area contributed by atoms with Gasteiger partial charge in [-0.3, -0.25) is 0 Å². The Bertz CT molecular complexity index is 7470. The van der Waals surface area contributed by atoms with Crippen LogP contribution in [0.25, 0.3) is 55.4 Å². The van der Waals surface area contributed by atoms with Gasteiger partial charge in [0.15, 0.2) is 151 Å². The molecule has 0 radical (unpaired) electrons. The number of para-hydroxylation sites is 2. The van der Waals surface area contributed by atoms with E-state index in [1.54, 1.807) is 0 Å². The number of benzene rings is 11. The number of aromatic hydroxyl groups is 27. The van der Waals surface area contributed by atoms with Crippen LogP contribution in [0.3, 0.4) is 0 Å². The molecule has 6 heterocycles. The maximum atomic E-state index is 15.7. The number of cyclic esters (lactones) is 2. The number of aromatic nitrogens is 2. The zero-order chi connectivity index (χ0) is 101. The van der Waals surface area contributed by atoms with Gasteiger partial charge in [0.1, 0.15) is 36.5 Å². The summed E-state index contributed by atoms with van der Waals surface area (Å²) in [7, 11) is 0. The first-order valence-corrected chi connectivity index (χ1v) is 39.4. The zero-order valence-corrected chi connectivity index (χ0v) is 68.9. The van der Waals surface area contributed by atoms with Crippen molar-refractivity contribution >= 4 is 81.8 Å². The molecule has 0 amide bonds. The maximum Gasteiger partial charge on any atom is 0.344 e. The lowest BCUT2D eigenvalue weighted by atomic mass is 9.91. The van der Waals surface area contributed by atoms with Gasteiger partial charge in [0, 0.05) is 45.5 Å². The third-order valence-corrected chi connectivity index (χ3v) is 22.3. The van der Waals surface area contributed by atoms with Crippen LogP contribution in [0.15, 0.2) is 103 Å². The normalized spacial score (nSPS) is 19.3. The molecule has 2 fully saturated rings. The average Bonchev–Trinajstić information content (AvgIpc) is 1.17. The van der Waals surface area contributed by atoms with Crippen LogP contribution in [0.2, 0.25) is 0 Å². The highest BCUT2D eigenvalue weighted by Crippen LogP contribution is 2.60. The van der Waals surface area contributed by atoms with Crippen molar-refractivity contribution in [3.8, 4) is 200 Å². The Morgan fingerprint density at radius 3 is 1.04 bits per heavy atom. The molecule has 0 saturated carbocycles. The smallest absolute Gasteiger partial charge is 0.344 e. The predicted molar refractivity (Wildman–Crippen MR) is 441 cm³/mol. The number of phenolic OH excluding ortho intramolecular Hbond substituents is 27. The molecule has 52 heteroatoms. The summed E-state index contributed by atoms with van der Waals surface area (Å²) in [4.78, 5) is 160. The highest BCUT2D eigenvalue weighted by Gasteiger charge is 2.59. The van der Waals surface area contributed by atoms with Gasteiger partial charge < -0.3 is 199 Å². The molecule has 4 bridgehead atoms. The topological polar surface area (TPSA) is 863 Å². The number of carbonyl (C=O) groups excluding carboxylic acids is 10. The van der Waals surface area contributed by atoms with Gasteiger partial charge >= 0.3 is 59.7 Å². The van der Waals surface area contributed by atoms with Crippen molar-refractivity contribution in [1.82, 2.24) is 9.97 Å². The number of ether oxygens (including phenoxy) is 13. The summed E-state index contributed by atoms with van der Waals surface area (Å²) in [6.45, 7) is -3.24. The van der Waals surface area contributed by atoms with Crippen LogP contribution in [-0.4, -0.2) is 282 Å². The summed E-state index contributed by atoms with van der Waals surface area (Å²) in [6.07, 6.45) is -28.3. The summed E-state index contributed by atoms with van der Waals surface area (Å²) in [5, 5.41) is 302. The molecule has 17 rings (SSSR count). The number of hydrogen-bond donors (Lipinski definition) is 27. The van der Waals surface area contributed by atoms with Crippen molar-refractivity contribution in [3.05, 3.63) is 159 Å². The Morgan fingerprint density at radius 2 is 0.600 bits per heavy atom. The van der Waals surface area contributed by atoms with Gasteiger partial charge in [-0.1, -0.05) is 12.1 Å². The minimum absolute atomic E-state index is 0.0480. The summed E-state index contributed by atoms with van der Waals surface area (Å²) in [6, 6.07) is 10.4. The van der Waals surface area contributed by atoms with Gasteiger partial charge in [0.05, 0.1) is 66.6 Å². The number of rotatable bonds is 10. The molecule has 52 nitrogen and oxygen atoms in total. The van der Waals surface area contributed by atoms with E-state index in [0.29, 0.717) is 48.5 Å². The number of nitrogens with zero attached hydrogens (tertiary/aromatic N) is 2.